The van der Waals surface area contributed by atoms with Gasteiger partial charge in [-0.2, -0.15) is 0 Å². The summed E-state index contributed by atoms with van der Waals surface area (Å²) in [6, 6.07) is 0. The van der Waals surface area contributed by atoms with E-state index in [1.54, 1.807) is 11.8 Å². The number of hydrogen-bond acceptors (Lipinski definition) is 3. The maximum atomic E-state index is 9.85. The highest BCUT2D eigenvalue weighted by atomic mass is 32.2. The molecule has 0 N–H and O–H groups in total. The van der Waals surface area contributed by atoms with E-state index in [0.29, 0.717) is 0 Å². The molecule has 0 amide bonds. The maximum absolute atomic E-state index is 9.85. The first-order valence-corrected chi connectivity index (χ1v) is 4.18. The van der Waals surface area contributed by atoms with E-state index in [-0.39, 0.29) is 0 Å². The van der Waals surface area contributed by atoms with E-state index in [2.05, 4.69) is 4.99 Å². The van der Waals surface area contributed by atoms with E-state index in [9.17, 15) is 4.79 Å². The standard InChI is InChI=1S/C7H9NOS/c9-5-2-1-3-7-8-4-6-10-7/h1-2,5H,3-4,6H2. The number of allylic oxidation sites excluding steroid dienone is 2. The topological polar surface area (TPSA) is 29.4 Å². The SMILES string of the molecule is O=CC=CCC1=NCCS1. The van der Waals surface area contributed by atoms with Crippen LogP contribution in [0.4, 0.5) is 0 Å². The maximum Gasteiger partial charge on any atom is 0.142 e. The Bertz CT molecular complexity index is 174. The van der Waals surface area contributed by atoms with Crippen molar-refractivity contribution >= 4 is 23.1 Å². The third kappa shape index (κ3) is 2.35. The molecular formula is C7H9NOS. The Hall–Kier alpha value is -0.570. The summed E-state index contributed by atoms with van der Waals surface area (Å²) in [6.07, 6.45) is 4.97. The Morgan fingerprint density at radius 2 is 2.60 bits per heavy atom. The number of hydrogen-bond donors (Lipinski definition) is 0. The molecule has 1 rings (SSSR count). The van der Waals surface area contributed by atoms with Crippen molar-refractivity contribution in [2.75, 3.05) is 12.3 Å². The molecule has 3 heteroatoms. The van der Waals surface area contributed by atoms with Crippen LogP contribution in [-0.4, -0.2) is 23.6 Å². The highest BCUT2D eigenvalue weighted by molar-refractivity contribution is 8.14. The zero-order valence-electron chi connectivity index (χ0n) is 5.62. The monoisotopic (exact) mass is 155 g/mol. The minimum Gasteiger partial charge on any atom is -0.299 e. The summed E-state index contributed by atoms with van der Waals surface area (Å²) in [4.78, 5) is 14.1. The van der Waals surface area contributed by atoms with Gasteiger partial charge < -0.3 is 0 Å². The first-order chi connectivity index (χ1) is 4.93. The highest BCUT2D eigenvalue weighted by Crippen LogP contribution is 2.14. The van der Waals surface area contributed by atoms with Crippen LogP contribution in [0.3, 0.4) is 0 Å². The number of rotatable bonds is 3. The smallest absolute Gasteiger partial charge is 0.142 e. The minimum absolute atomic E-state index is 0.792. The molecule has 0 aromatic rings. The number of nitrogens with zero attached hydrogens (tertiary/aromatic N) is 1. The average molecular weight is 155 g/mol. The van der Waals surface area contributed by atoms with Crippen molar-refractivity contribution in [1.82, 2.24) is 0 Å². The summed E-state index contributed by atoms with van der Waals surface area (Å²) in [7, 11) is 0. The van der Waals surface area contributed by atoms with Crippen molar-refractivity contribution in [2.24, 2.45) is 4.99 Å². The van der Waals surface area contributed by atoms with Crippen LogP contribution in [-0.2, 0) is 4.79 Å². The quantitative estimate of drug-likeness (QED) is 0.454. The summed E-state index contributed by atoms with van der Waals surface area (Å²) < 4.78 is 0. The molecule has 0 spiro atoms. The van der Waals surface area contributed by atoms with Gasteiger partial charge in [0.2, 0.25) is 0 Å². The molecule has 2 nitrogen and oxygen atoms in total. The first-order valence-electron chi connectivity index (χ1n) is 3.20. The Morgan fingerprint density at radius 3 is 3.20 bits per heavy atom. The molecular weight excluding hydrogens is 146 g/mol. The van der Waals surface area contributed by atoms with Gasteiger partial charge in [-0.15, -0.1) is 11.8 Å². The van der Waals surface area contributed by atoms with Crippen molar-refractivity contribution < 1.29 is 4.79 Å². The fourth-order valence-corrected chi connectivity index (χ4v) is 1.54. The number of carbonyl (C=O) groups excluding carboxylic acids is 1. The molecule has 0 atom stereocenters. The molecule has 0 saturated heterocycles. The average Bonchev–Trinajstić information content (AvgIpc) is 2.41. The zero-order chi connectivity index (χ0) is 7.23. The minimum atomic E-state index is 0.792. The van der Waals surface area contributed by atoms with E-state index < -0.39 is 0 Å². The predicted octanol–water partition coefficient (Wildman–Crippen LogP) is 1.28. The molecule has 0 aromatic heterocycles. The van der Waals surface area contributed by atoms with Crippen molar-refractivity contribution in [2.45, 2.75) is 6.42 Å². The van der Waals surface area contributed by atoms with Crippen LogP contribution in [0.1, 0.15) is 6.42 Å². The Balaban J connectivity index is 2.24. The fraction of sp³-hybridized carbons (Fsp3) is 0.429. The molecule has 1 heterocycles. The lowest BCUT2D eigenvalue weighted by molar-refractivity contribution is -0.104. The van der Waals surface area contributed by atoms with E-state index in [1.807, 2.05) is 6.08 Å². The van der Waals surface area contributed by atoms with E-state index in [0.717, 1.165) is 30.0 Å². The fourth-order valence-electron chi connectivity index (χ4n) is 0.727. The summed E-state index contributed by atoms with van der Waals surface area (Å²) >= 11 is 1.78. The third-order valence-electron chi connectivity index (χ3n) is 1.16. The first kappa shape index (κ1) is 7.54. The van der Waals surface area contributed by atoms with Crippen LogP contribution in [0.25, 0.3) is 0 Å². The van der Waals surface area contributed by atoms with Gasteiger partial charge in [-0.25, -0.2) is 0 Å². The highest BCUT2D eigenvalue weighted by Gasteiger charge is 2.03. The Labute approximate surface area is 64.4 Å². The van der Waals surface area contributed by atoms with Gasteiger partial charge in [-0.1, -0.05) is 6.08 Å². The normalized spacial score (nSPS) is 17.8. The van der Waals surface area contributed by atoms with Crippen molar-refractivity contribution in [3.63, 3.8) is 0 Å². The molecule has 10 heavy (non-hydrogen) atoms. The number of thioether (sulfide) groups is 1. The predicted molar refractivity (Wildman–Crippen MR) is 44.6 cm³/mol. The van der Waals surface area contributed by atoms with Gasteiger partial charge in [0.25, 0.3) is 0 Å². The molecule has 0 unspecified atom stereocenters. The molecule has 0 fully saturated rings. The van der Waals surface area contributed by atoms with Crippen LogP contribution in [0.2, 0.25) is 0 Å². The lowest BCUT2D eigenvalue weighted by Gasteiger charge is -1.88. The van der Waals surface area contributed by atoms with Gasteiger partial charge >= 0.3 is 0 Å². The van der Waals surface area contributed by atoms with Gasteiger partial charge in [-0.05, 0) is 6.08 Å². The molecule has 0 aliphatic carbocycles. The Morgan fingerprint density at radius 1 is 1.70 bits per heavy atom. The van der Waals surface area contributed by atoms with Crippen molar-refractivity contribution in [3.05, 3.63) is 12.2 Å². The summed E-state index contributed by atoms with van der Waals surface area (Å²) in [5, 5.41) is 1.15. The van der Waals surface area contributed by atoms with Gasteiger partial charge in [0.15, 0.2) is 0 Å². The number of aliphatic imine (C=N–C) groups is 1. The molecule has 1 aliphatic rings. The van der Waals surface area contributed by atoms with Gasteiger partial charge in [0, 0.05) is 18.7 Å². The second-order valence-electron chi connectivity index (χ2n) is 1.89. The second kappa shape index (κ2) is 4.28. The van der Waals surface area contributed by atoms with Crippen LogP contribution >= 0.6 is 11.8 Å². The molecule has 0 saturated carbocycles. The summed E-state index contributed by atoms with van der Waals surface area (Å²) in [5.41, 5.74) is 0. The second-order valence-corrected chi connectivity index (χ2v) is 3.06. The molecule has 0 aromatic carbocycles. The lowest BCUT2D eigenvalue weighted by Crippen LogP contribution is -1.82. The van der Waals surface area contributed by atoms with Crippen molar-refractivity contribution in [1.29, 1.82) is 0 Å². The Kier molecular flexibility index (Phi) is 3.22. The molecule has 54 valence electrons. The van der Waals surface area contributed by atoms with Gasteiger partial charge in [-0.3, -0.25) is 9.79 Å². The lowest BCUT2D eigenvalue weighted by atomic mass is 10.4. The van der Waals surface area contributed by atoms with Crippen LogP contribution in [0.15, 0.2) is 17.1 Å². The molecule has 0 bridgehead atoms. The summed E-state index contributed by atoms with van der Waals surface area (Å²) in [5.74, 6) is 1.10. The number of aldehydes is 1. The van der Waals surface area contributed by atoms with Crippen LogP contribution in [0.5, 0.6) is 0 Å². The van der Waals surface area contributed by atoms with E-state index in [4.69, 9.17) is 0 Å². The van der Waals surface area contributed by atoms with Gasteiger partial charge in [0.1, 0.15) is 6.29 Å². The third-order valence-corrected chi connectivity index (χ3v) is 2.17. The largest absolute Gasteiger partial charge is 0.299 e. The van der Waals surface area contributed by atoms with Crippen molar-refractivity contribution in [3.8, 4) is 0 Å². The number of carbonyl (C=O) groups is 1. The van der Waals surface area contributed by atoms with Gasteiger partial charge in [0.05, 0.1) is 5.04 Å². The van der Waals surface area contributed by atoms with E-state index >= 15 is 0 Å². The van der Waals surface area contributed by atoms with Crippen LogP contribution < -0.4 is 0 Å². The summed E-state index contributed by atoms with van der Waals surface area (Å²) in [6.45, 7) is 0.939. The van der Waals surface area contributed by atoms with E-state index in [1.165, 1.54) is 6.08 Å². The zero-order valence-corrected chi connectivity index (χ0v) is 6.43. The molecule has 0 radical (unpaired) electrons. The molecule has 1 aliphatic heterocycles. The van der Waals surface area contributed by atoms with Crippen LogP contribution in [0, 0.1) is 0 Å².